The van der Waals surface area contributed by atoms with Crippen LogP contribution >= 0.6 is 11.3 Å². The highest BCUT2D eigenvalue weighted by Crippen LogP contribution is 2.34. The third-order valence-electron chi connectivity index (χ3n) is 3.94. The maximum absolute atomic E-state index is 12.2. The standard InChI is InChI=1S/C15H16N2O3S/c18-13(16-8-10-4-3-7-21-10)9-17-14(19)11-5-1-2-6-12(11)15(17)20/h1-4,7,11-12H,5-6,8-9H2,(H,16,18)/t11-,12-/m0/s1. The zero-order valence-corrected chi connectivity index (χ0v) is 12.3. The number of fused-ring (bicyclic) bond motifs is 1. The van der Waals surface area contributed by atoms with Crippen molar-refractivity contribution in [3.8, 4) is 0 Å². The molecule has 1 aromatic rings. The number of imide groups is 1. The predicted octanol–water partition coefficient (Wildman–Crippen LogP) is 1.32. The van der Waals surface area contributed by atoms with Crippen LogP contribution in [-0.2, 0) is 20.9 Å². The van der Waals surface area contributed by atoms with Gasteiger partial charge in [-0.05, 0) is 24.3 Å². The van der Waals surface area contributed by atoms with Crippen LogP contribution in [0.15, 0.2) is 29.7 Å². The number of hydrogen-bond donors (Lipinski definition) is 1. The minimum atomic E-state index is -0.295. The molecule has 0 aromatic carbocycles. The molecule has 5 nitrogen and oxygen atoms in total. The van der Waals surface area contributed by atoms with Crippen molar-refractivity contribution < 1.29 is 14.4 Å². The fourth-order valence-corrected chi connectivity index (χ4v) is 3.47. The van der Waals surface area contributed by atoms with E-state index in [4.69, 9.17) is 0 Å². The number of nitrogens with zero attached hydrogens (tertiary/aromatic N) is 1. The summed E-state index contributed by atoms with van der Waals surface area (Å²) in [5.41, 5.74) is 0. The van der Waals surface area contributed by atoms with E-state index in [0.29, 0.717) is 19.4 Å². The van der Waals surface area contributed by atoms with Crippen LogP contribution in [0.4, 0.5) is 0 Å². The number of rotatable bonds is 4. The van der Waals surface area contributed by atoms with E-state index >= 15 is 0 Å². The smallest absolute Gasteiger partial charge is 0.240 e. The van der Waals surface area contributed by atoms with E-state index in [9.17, 15) is 14.4 Å². The quantitative estimate of drug-likeness (QED) is 0.674. The molecular weight excluding hydrogens is 288 g/mol. The van der Waals surface area contributed by atoms with Gasteiger partial charge in [-0.2, -0.15) is 0 Å². The van der Waals surface area contributed by atoms with E-state index < -0.39 is 0 Å². The summed E-state index contributed by atoms with van der Waals surface area (Å²) in [6.45, 7) is 0.261. The number of nitrogens with one attached hydrogen (secondary N) is 1. The number of likely N-dealkylation sites (tertiary alicyclic amines) is 1. The van der Waals surface area contributed by atoms with Crippen LogP contribution in [0.3, 0.4) is 0 Å². The van der Waals surface area contributed by atoms with E-state index in [1.54, 1.807) is 11.3 Å². The molecule has 3 amide bonds. The topological polar surface area (TPSA) is 66.5 Å². The van der Waals surface area contributed by atoms with Gasteiger partial charge in [-0.3, -0.25) is 19.3 Å². The van der Waals surface area contributed by atoms with E-state index in [1.807, 2.05) is 29.7 Å². The molecule has 1 aliphatic carbocycles. The normalized spacial score (nSPS) is 24.3. The molecule has 1 aliphatic heterocycles. The van der Waals surface area contributed by atoms with Crippen molar-refractivity contribution in [3.63, 3.8) is 0 Å². The van der Waals surface area contributed by atoms with Crippen molar-refractivity contribution in [1.29, 1.82) is 0 Å². The average Bonchev–Trinajstić information content (AvgIpc) is 3.09. The minimum Gasteiger partial charge on any atom is -0.350 e. The summed E-state index contributed by atoms with van der Waals surface area (Å²) >= 11 is 1.55. The first-order valence-electron chi connectivity index (χ1n) is 6.96. The molecule has 2 aliphatic rings. The Morgan fingerprint density at radius 2 is 1.90 bits per heavy atom. The van der Waals surface area contributed by atoms with Gasteiger partial charge >= 0.3 is 0 Å². The van der Waals surface area contributed by atoms with Crippen molar-refractivity contribution >= 4 is 29.1 Å². The monoisotopic (exact) mass is 304 g/mol. The second-order valence-electron chi connectivity index (χ2n) is 5.27. The highest BCUT2D eigenvalue weighted by Gasteiger charge is 2.47. The SMILES string of the molecule is O=C(CN1C(=O)[C@H]2CC=CC[C@@H]2C1=O)NCc1cccs1. The maximum Gasteiger partial charge on any atom is 0.240 e. The van der Waals surface area contributed by atoms with Gasteiger partial charge in [0.2, 0.25) is 17.7 Å². The molecule has 1 saturated heterocycles. The molecule has 0 spiro atoms. The first-order chi connectivity index (χ1) is 10.2. The Hall–Kier alpha value is -1.95. The summed E-state index contributed by atoms with van der Waals surface area (Å²) in [6.07, 6.45) is 5.07. The Bertz CT molecular complexity index is 568. The molecule has 0 unspecified atom stereocenters. The minimum absolute atomic E-state index is 0.171. The molecular formula is C15H16N2O3S. The summed E-state index contributed by atoms with van der Waals surface area (Å²) in [5.74, 6) is -1.25. The predicted molar refractivity (Wildman–Crippen MR) is 78.2 cm³/mol. The van der Waals surface area contributed by atoms with Gasteiger partial charge in [-0.15, -0.1) is 11.3 Å². The number of carbonyl (C=O) groups excluding carboxylic acids is 3. The van der Waals surface area contributed by atoms with Gasteiger partial charge in [-0.1, -0.05) is 18.2 Å². The summed E-state index contributed by atoms with van der Waals surface area (Å²) in [7, 11) is 0. The molecule has 1 N–H and O–H groups in total. The fourth-order valence-electron chi connectivity index (χ4n) is 2.82. The zero-order valence-electron chi connectivity index (χ0n) is 11.5. The molecule has 21 heavy (non-hydrogen) atoms. The van der Waals surface area contributed by atoms with Crippen LogP contribution in [-0.4, -0.2) is 29.2 Å². The molecule has 6 heteroatoms. The summed E-state index contributed by atoms with van der Waals surface area (Å²) in [5, 5.41) is 4.68. The third kappa shape index (κ3) is 2.76. The molecule has 1 aromatic heterocycles. The van der Waals surface area contributed by atoms with Crippen molar-refractivity contribution in [3.05, 3.63) is 34.5 Å². The fraction of sp³-hybridized carbons (Fsp3) is 0.400. The largest absolute Gasteiger partial charge is 0.350 e. The lowest BCUT2D eigenvalue weighted by Gasteiger charge is -2.14. The summed E-state index contributed by atoms with van der Waals surface area (Å²) < 4.78 is 0. The number of allylic oxidation sites excluding steroid dienone is 2. The molecule has 1 fully saturated rings. The van der Waals surface area contributed by atoms with Crippen LogP contribution < -0.4 is 5.32 Å². The van der Waals surface area contributed by atoms with Gasteiger partial charge in [0, 0.05) is 4.88 Å². The lowest BCUT2D eigenvalue weighted by atomic mass is 9.85. The van der Waals surface area contributed by atoms with Crippen LogP contribution in [0.5, 0.6) is 0 Å². The second-order valence-corrected chi connectivity index (χ2v) is 6.31. The molecule has 0 bridgehead atoms. The molecule has 2 heterocycles. The van der Waals surface area contributed by atoms with Gasteiger partial charge in [-0.25, -0.2) is 0 Å². The number of hydrogen-bond acceptors (Lipinski definition) is 4. The van der Waals surface area contributed by atoms with E-state index in [2.05, 4.69) is 5.32 Å². The number of amides is 3. The molecule has 3 rings (SSSR count). The molecule has 0 radical (unpaired) electrons. The molecule has 110 valence electrons. The van der Waals surface area contributed by atoms with Crippen LogP contribution in [0.2, 0.25) is 0 Å². The number of carbonyl (C=O) groups is 3. The van der Waals surface area contributed by atoms with Crippen molar-refractivity contribution in [2.24, 2.45) is 11.8 Å². The van der Waals surface area contributed by atoms with Crippen molar-refractivity contribution in [2.45, 2.75) is 19.4 Å². The third-order valence-corrected chi connectivity index (χ3v) is 4.82. The average molecular weight is 304 g/mol. The first kappa shape index (κ1) is 14.0. The van der Waals surface area contributed by atoms with Gasteiger partial charge in [0.15, 0.2) is 0 Å². The Morgan fingerprint density at radius 1 is 1.24 bits per heavy atom. The lowest BCUT2D eigenvalue weighted by Crippen LogP contribution is -2.40. The lowest BCUT2D eigenvalue weighted by molar-refractivity contribution is -0.143. The Labute approximate surface area is 126 Å². The van der Waals surface area contributed by atoms with Crippen LogP contribution in [0.25, 0.3) is 0 Å². The van der Waals surface area contributed by atoms with Crippen LogP contribution in [0.1, 0.15) is 17.7 Å². The second kappa shape index (κ2) is 5.81. The van der Waals surface area contributed by atoms with Crippen molar-refractivity contribution in [2.75, 3.05) is 6.54 Å². The molecule has 0 saturated carbocycles. The van der Waals surface area contributed by atoms with Crippen LogP contribution in [0, 0.1) is 11.8 Å². The zero-order chi connectivity index (χ0) is 14.8. The first-order valence-corrected chi connectivity index (χ1v) is 7.84. The van der Waals surface area contributed by atoms with E-state index in [-0.39, 0.29) is 36.1 Å². The molecule has 2 atom stereocenters. The van der Waals surface area contributed by atoms with Crippen molar-refractivity contribution in [1.82, 2.24) is 10.2 Å². The summed E-state index contributed by atoms with van der Waals surface area (Å²) in [6, 6.07) is 3.84. The highest BCUT2D eigenvalue weighted by molar-refractivity contribution is 7.09. The summed E-state index contributed by atoms with van der Waals surface area (Å²) in [4.78, 5) is 38.5. The van der Waals surface area contributed by atoms with Gasteiger partial charge in [0.1, 0.15) is 6.54 Å². The van der Waals surface area contributed by atoms with Gasteiger partial charge in [0.25, 0.3) is 0 Å². The maximum atomic E-state index is 12.2. The Kier molecular flexibility index (Phi) is 3.88. The Balaban J connectivity index is 1.58. The number of thiophene rings is 1. The van der Waals surface area contributed by atoms with E-state index in [1.165, 1.54) is 0 Å². The Morgan fingerprint density at radius 3 is 2.48 bits per heavy atom. The van der Waals surface area contributed by atoms with E-state index in [0.717, 1.165) is 9.78 Å². The highest BCUT2D eigenvalue weighted by atomic mass is 32.1. The van der Waals surface area contributed by atoms with Gasteiger partial charge < -0.3 is 5.32 Å². The van der Waals surface area contributed by atoms with Gasteiger partial charge in [0.05, 0.1) is 18.4 Å².